The largest absolute Gasteiger partial charge is 0.346 e. The zero-order chi connectivity index (χ0) is 20.8. The van der Waals surface area contributed by atoms with Crippen molar-refractivity contribution >= 4 is 19.4 Å². The van der Waals surface area contributed by atoms with Gasteiger partial charge in [-0.05, 0) is 33.3 Å². The molecule has 0 saturated carbocycles. The van der Waals surface area contributed by atoms with Gasteiger partial charge in [0.1, 0.15) is 19.4 Å². The van der Waals surface area contributed by atoms with Crippen molar-refractivity contribution < 1.29 is 9.59 Å². The van der Waals surface area contributed by atoms with Crippen molar-refractivity contribution in [1.29, 1.82) is 0 Å². The second kappa shape index (κ2) is 22.2. The predicted octanol–water partition coefficient (Wildman–Crippen LogP) is 5.41. The molecule has 0 aromatic heterocycles. The van der Waals surface area contributed by atoms with Crippen LogP contribution in [0.2, 0.25) is 0 Å². The number of aliphatic imine (C=N–C) groups is 1. The van der Waals surface area contributed by atoms with Gasteiger partial charge in [-0.3, -0.25) is 0 Å². The lowest BCUT2D eigenvalue weighted by Crippen LogP contribution is -2.12. The van der Waals surface area contributed by atoms with E-state index in [1.165, 1.54) is 16.7 Å². The van der Waals surface area contributed by atoms with Crippen LogP contribution in [0.1, 0.15) is 46.6 Å². The Bertz CT molecular complexity index is 553. The monoisotopic (exact) mass is 358 g/mol. The predicted molar refractivity (Wildman–Crippen MR) is 114 cm³/mol. The van der Waals surface area contributed by atoms with E-state index in [1.807, 2.05) is 70.2 Å². The Morgan fingerprint density at radius 1 is 1.08 bits per heavy atom. The number of aryl methyl sites for hydroxylation is 1. The highest BCUT2D eigenvalue weighted by Crippen LogP contribution is 2.11. The molecule has 0 unspecified atom stereocenters. The number of hydrogen-bond donors (Lipinski definition) is 1. The molecule has 26 heavy (non-hydrogen) atoms. The van der Waals surface area contributed by atoms with Crippen LogP contribution in [0.3, 0.4) is 0 Å². The normalized spacial score (nSPS) is 12.2. The van der Waals surface area contributed by atoms with E-state index in [9.17, 15) is 0 Å². The molecule has 4 heteroatoms. The zero-order valence-corrected chi connectivity index (χ0v) is 17.1. The molecule has 0 bridgehead atoms. The standard InChI is InChI=1S/C11H16N2.C7H8.C2H6.2CH2O/c1-4-5-7-12-11-10(9(2)3)6-8-13-11;1-7-5-3-2-4-6-7;3*1-2/h5-8H,4H2,1-3H3,(H,12,13);2-6H,1H3;1-2H3;2*1H2/b7-5+;;;;. The third kappa shape index (κ3) is 14.8. The third-order valence-corrected chi connectivity index (χ3v) is 2.75. The van der Waals surface area contributed by atoms with E-state index in [0.717, 1.165) is 12.3 Å². The van der Waals surface area contributed by atoms with Crippen LogP contribution in [0.5, 0.6) is 0 Å². The van der Waals surface area contributed by atoms with E-state index >= 15 is 0 Å². The van der Waals surface area contributed by atoms with Crippen molar-refractivity contribution in [2.75, 3.05) is 0 Å². The third-order valence-electron chi connectivity index (χ3n) is 2.75. The van der Waals surface area contributed by atoms with Crippen molar-refractivity contribution in [3.05, 3.63) is 71.6 Å². The lowest BCUT2D eigenvalue weighted by molar-refractivity contribution is -0.0987. The number of rotatable bonds is 2. The highest BCUT2D eigenvalue weighted by molar-refractivity contribution is 6.04. The van der Waals surface area contributed by atoms with Crippen molar-refractivity contribution in [1.82, 2.24) is 5.32 Å². The van der Waals surface area contributed by atoms with Gasteiger partial charge in [-0.2, -0.15) is 0 Å². The molecule has 0 spiro atoms. The molecule has 1 N–H and O–H groups in total. The van der Waals surface area contributed by atoms with Crippen LogP contribution < -0.4 is 5.32 Å². The Labute approximate surface area is 159 Å². The number of hydrogen-bond acceptors (Lipinski definition) is 3. The van der Waals surface area contributed by atoms with Gasteiger partial charge in [0.15, 0.2) is 0 Å². The summed E-state index contributed by atoms with van der Waals surface area (Å²) in [5, 5.41) is 3.11. The molecule has 0 saturated heterocycles. The zero-order valence-electron chi connectivity index (χ0n) is 17.1. The lowest BCUT2D eigenvalue weighted by Gasteiger charge is -2.00. The fourth-order valence-corrected chi connectivity index (χ4v) is 1.64. The van der Waals surface area contributed by atoms with E-state index in [-0.39, 0.29) is 0 Å². The van der Waals surface area contributed by atoms with Crippen molar-refractivity contribution in [3.8, 4) is 0 Å². The van der Waals surface area contributed by atoms with Gasteiger partial charge in [-0.15, -0.1) is 0 Å². The molecule has 2 rings (SSSR count). The molecule has 0 radical (unpaired) electrons. The first kappa shape index (κ1) is 28.1. The second-order valence-corrected chi connectivity index (χ2v) is 4.82. The fraction of sp³-hybridized carbons (Fsp3) is 0.318. The van der Waals surface area contributed by atoms with Gasteiger partial charge in [0, 0.05) is 18.0 Å². The molecule has 4 nitrogen and oxygen atoms in total. The first-order chi connectivity index (χ1) is 12.6. The maximum absolute atomic E-state index is 8.00. The Balaban J connectivity index is -0.000000343. The van der Waals surface area contributed by atoms with Crippen LogP contribution in [0.25, 0.3) is 0 Å². The number of nitrogens with zero attached hydrogens (tertiary/aromatic N) is 1. The van der Waals surface area contributed by atoms with Gasteiger partial charge in [0.05, 0.1) is 0 Å². The van der Waals surface area contributed by atoms with Crippen LogP contribution in [-0.4, -0.2) is 19.4 Å². The number of carbonyl (C=O) groups excluding carboxylic acids is 2. The molecule has 1 heterocycles. The second-order valence-electron chi connectivity index (χ2n) is 4.82. The highest BCUT2D eigenvalue weighted by atomic mass is 16.1. The summed E-state index contributed by atoms with van der Waals surface area (Å²) in [7, 11) is 0. The molecular weight excluding hydrogens is 324 g/mol. The summed E-state index contributed by atoms with van der Waals surface area (Å²) in [6, 6.07) is 10.3. The fourth-order valence-electron chi connectivity index (χ4n) is 1.64. The Hall–Kier alpha value is -2.75. The number of allylic oxidation sites excluding steroid dienone is 2. The SMILES string of the molecule is C=O.C=O.CC.CC/C=C/N=C1NC=CC1=C(C)C.Cc1ccccc1. The molecule has 1 aliphatic rings. The minimum Gasteiger partial charge on any atom is -0.346 e. The van der Waals surface area contributed by atoms with Gasteiger partial charge in [0.25, 0.3) is 0 Å². The molecule has 1 aromatic rings. The summed E-state index contributed by atoms with van der Waals surface area (Å²) in [4.78, 5) is 20.3. The molecular formula is C22H34N2O2. The Kier molecular flexibility index (Phi) is 24.0. The summed E-state index contributed by atoms with van der Waals surface area (Å²) in [6.07, 6.45) is 8.87. The van der Waals surface area contributed by atoms with Crippen LogP contribution in [0, 0.1) is 6.92 Å². The van der Waals surface area contributed by atoms with Crippen LogP contribution in [0.4, 0.5) is 0 Å². The molecule has 0 aliphatic carbocycles. The summed E-state index contributed by atoms with van der Waals surface area (Å²) in [6.45, 7) is 16.4. The van der Waals surface area contributed by atoms with Crippen LogP contribution in [0.15, 0.2) is 71.0 Å². The van der Waals surface area contributed by atoms with Gasteiger partial charge >= 0.3 is 0 Å². The topological polar surface area (TPSA) is 58.5 Å². The van der Waals surface area contributed by atoms with Crippen molar-refractivity contribution in [2.45, 2.75) is 48.0 Å². The summed E-state index contributed by atoms with van der Waals surface area (Å²) >= 11 is 0. The maximum atomic E-state index is 8.00. The van der Waals surface area contributed by atoms with E-state index in [0.29, 0.717) is 0 Å². The number of benzene rings is 1. The lowest BCUT2D eigenvalue weighted by atomic mass is 10.1. The Morgan fingerprint density at radius 2 is 1.62 bits per heavy atom. The Morgan fingerprint density at radius 3 is 2.00 bits per heavy atom. The first-order valence-corrected chi connectivity index (χ1v) is 8.58. The highest BCUT2D eigenvalue weighted by Gasteiger charge is 2.08. The number of amidine groups is 1. The summed E-state index contributed by atoms with van der Waals surface area (Å²) in [5.74, 6) is 0.949. The average molecular weight is 359 g/mol. The van der Waals surface area contributed by atoms with Gasteiger partial charge < -0.3 is 14.9 Å². The molecule has 0 fully saturated rings. The first-order valence-electron chi connectivity index (χ1n) is 8.58. The molecule has 1 aliphatic heterocycles. The average Bonchev–Trinajstić information content (AvgIpc) is 3.17. The molecule has 0 amide bonds. The number of nitrogens with one attached hydrogen (secondary N) is 1. The van der Waals surface area contributed by atoms with Crippen molar-refractivity contribution in [2.24, 2.45) is 4.99 Å². The molecule has 1 aromatic carbocycles. The van der Waals surface area contributed by atoms with Gasteiger partial charge in [-0.25, -0.2) is 4.99 Å². The van der Waals surface area contributed by atoms with E-state index < -0.39 is 0 Å². The van der Waals surface area contributed by atoms with E-state index in [1.54, 1.807) is 0 Å². The van der Waals surface area contributed by atoms with E-state index in [4.69, 9.17) is 9.59 Å². The minimum absolute atomic E-state index is 0.949. The van der Waals surface area contributed by atoms with Crippen LogP contribution >= 0.6 is 0 Å². The van der Waals surface area contributed by atoms with Crippen LogP contribution in [-0.2, 0) is 9.59 Å². The summed E-state index contributed by atoms with van der Waals surface area (Å²) < 4.78 is 0. The van der Waals surface area contributed by atoms with Crippen molar-refractivity contribution in [3.63, 3.8) is 0 Å². The van der Waals surface area contributed by atoms with Gasteiger partial charge in [-0.1, -0.05) is 68.3 Å². The maximum Gasteiger partial charge on any atom is 0.137 e. The smallest absolute Gasteiger partial charge is 0.137 e. The molecule has 0 atom stereocenters. The summed E-state index contributed by atoms with van der Waals surface area (Å²) in [5.41, 5.74) is 3.80. The minimum atomic E-state index is 0.949. The number of carbonyl (C=O) groups is 2. The molecule has 144 valence electrons. The van der Waals surface area contributed by atoms with Gasteiger partial charge in [0.2, 0.25) is 0 Å². The quantitative estimate of drug-likeness (QED) is 0.768. The van der Waals surface area contributed by atoms with E-state index in [2.05, 4.69) is 50.1 Å².